The molecule has 2 aromatic rings. The van der Waals surface area contributed by atoms with Crippen molar-refractivity contribution in [3.63, 3.8) is 0 Å². The summed E-state index contributed by atoms with van der Waals surface area (Å²) in [5.41, 5.74) is -2.16. The highest BCUT2D eigenvalue weighted by molar-refractivity contribution is 5.88. The van der Waals surface area contributed by atoms with Crippen molar-refractivity contribution in [2.45, 2.75) is 6.18 Å². The highest BCUT2D eigenvalue weighted by atomic mass is 19.4. The number of aromatic nitrogens is 3. The molecule has 0 atom stereocenters. The van der Waals surface area contributed by atoms with Crippen molar-refractivity contribution < 1.29 is 23.1 Å². The molecule has 0 amide bonds. The van der Waals surface area contributed by atoms with Gasteiger partial charge in [0.1, 0.15) is 5.56 Å². The Bertz CT molecular complexity index is 579. The van der Waals surface area contributed by atoms with Crippen molar-refractivity contribution in [1.82, 2.24) is 15.0 Å². The molecule has 0 aliphatic rings. The van der Waals surface area contributed by atoms with E-state index in [4.69, 9.17) is 5.11 Å². The van der Waals surface area contributed by atoms with E-state index in [1.165, 1.54) is 12.3 Å². The molecule has 0 bridgehead atoms. The van der Waals surface area contributed by atoms with Gasteiger partial charge in [-0.1, -0.05) is 0 Å². The zero-order chi connectivity index (χ0) is 13.3. The van der Waals surface area contributed by atoms with E-state index in [9.17, 15) is 18.0 Å². The smallest absolute Gasteiger partial charge is 0.434 e. The van der Waals surface area contributed by atoms with Crippen molar-refractivity contribution in [2.75, 3.05) is 0 Å². The summed E-state index contributed by atoms with van der Waals surface area (Å²) < 4.78 is 38.0. The predicted molar refractivity (Wildman–Crippen MR) is 53.8 cm³/mol. The summed E-state index contributed by atoms with van der Waals surface area (Å²) in [6.45, 7) is 0. The molecule has 2 aromatic heterocycles. The second-order valence-electron chi connectivity index (χ2n) is 3.34. The van der Waals surface area contributed by atoms with Gasteiger partial charge in [0.2, 0.25) is 0 Å². The number of hydrogen-bond acceptors (Lipinski definition) is 3. The van der Waals surface area contributed by atoms with E-state index < -0.39 is 23.4 Å². The quantitative estimate of drug-likeness (QED) is 0.864. The molecule has 2 rings (SSSR count). The molecule has 0 aliphatic carbocycles. The summed E-state index contributed by atoms with van der Waals surface area (Å²) in [6.07, 6.45) is -2.70. The lowest BCUT2D eigenvalue weighted by atomic mass is 10.2. The van der Waals surface area contributed by atoms with Gasteiger partial charge in [-0.3, -0.25) is 0 Å². The van der Waals surface area contributed by atoms with Gasteiger partial charge in [-0.15, -0.1) is 0 Å². The molecule has 0 radical (unpaired) electrons. The summed E-state index contributed by atoms with van der Waals surface area (Å²) in [6, 6.07) is 3.05. The Morgan fingerprint density at radius 3 is 2.61 bits per heavy atom. The maximum Gasteiger partial charge on any atom is 0.434 e. The van der Waals surface area contributed by atoms with Crippen LogP contribution in [0.1, 0.15) is 16.1 Å². The fraction of sp³-hybridized carbons (Fsp3) is 0.100. The number of carboxylic acid groups (broad SMARTS) is 1. The molecular formula is C10H6F3N3O2. The first-order valence-electron chi connectivity index (χ1n) is 4.71. The molecule has 0 spiro atoms. The second-order valence-corrected chi connectivity index (χ2v) is 3.34. The van der Waals surface area contributed by atoms with Crippen LogP contribution in [0.2, 0.25) is 0 Å². The minimum Gasteiger partial charge on any atom is -0.478 e. The lowest BCUT2D eigenvalue weighted by Gasteiger charge is -2.09. The maximum atomic E-state index is 12.7. The monoisotopic (exact) mass is 257 g/mol. The number of aromatic carboxylic acids is 1. The Labute approximate surface area is 98.3 Å². The Morgan fingerprint density at radius 2 is 2.11 bits per heavy atom. The number of nitrogens with one attached hydrogen (secondary N) is 1. The van der Waals surface area contributed by atoms with Crippen LogP contribution in [-0.2, 0) is 6.18 Å². The summed E-state index contributed by atoms with van der Waals surface area (Å²) in [4.78, 5) is 20.2. The minimum absolute atomic E-state index is 0.211. The highest BCUT2D eigenvalue weighted by Crippen LogP contribution is 2.31. The van der Waals surface area contributed by atoms with E-state index in [1.54, 1.807) is 6.07 Å². The summed E-state index contributed by atoms with van der Waals surface area (Å²) >= 11 is 0. The first-order chi connectivity index (χ1) is 8.39. The van der Waals surface area contributed by atoms with Gasteiger partial charge in [-0.2, -0.15) is 13.2 Å². The van der Waals surface area contributed by atoms with Gasteiger partial charge in [-0.05, 0) is 12.1 Å². The summed E-state index contributed by atoms with van der Waals surface area (Å²) in [5, 5.41) is 8.66. The van der Waals surface area contributed by atoms with Crippen molar-refractivity contribution in [3.05, 3.63) is 35.8 Å². The molecule has 2 heterocycles. The summed E-state index contributed by atoms with van der Waals surface area (Å²) in [5.74, 6) is -1.93. The molecule has 0 fully saturated rings. The number of carboxylic acids is 1. The Kier molecular flexibility index (Phi) is 2.77. The molecule has 2 N–H and O–H groups in total. The van der Waals surface area contributed by atoms with Gasteiger partial charge >= 0.3 is 12.1 Å². The molecule has 94 valence electrons. The Morgan fingerprint density at radius 1 is 1.39 bits per heavy atom. The lowest BCUT2D eigenvalue weighted by molar-refractivity contribution is -0.141. The fourth-order valence-electron chi connectivity index (χ4n) is 1.35. The summed E-state index contributed by atoms with van der Waals surface area (Å²) in [7, 11) is 0. The average molecular weight is 257 g/mol. The zero-order valence-electron chi connectivity index (χ0n) is 8.69. The van der Waals surface area contributed by atoms with E-state index >= 15 is 0 Å². The van der Waals surface area contributed by atoms with Crippen LogP contribution in [0.25, 0.3) is 11.5 Å². The van der Waals surface area contributed by atoms with Crippen LogP contribution >= 0.6 is 0 Å². The molecule has 18 heavy (non-hydrogen) atoms. The largest absolute Gasteiger partial charge is 0.478 e. The number of halogens is 3. The SMILES string of the molecule is O=C(O)c1cnc(-c2ccc[nH]2)nc1C(F)(F)F. The number of hydrogen-bond donors (Lipinski definition) is 2. The van der Waals surface area contributed by atoms with Gasteiger partial charge < -0.3 is 10.1 Å². The molecule has 8 heteroatoms. The molecular weight excluding hydrogens is 251 g/mol. The van der Waals surface area contributed by atoms with E-state index in [1.807, 2.05) is 0 Å². The van der Waals surface area contributed by atoms with Crippen LogP contribution in [-0.4, -0.2) is 26.0 Å². The average Bonchev–Trinajstić information content (AvgIpc) is 2.80. The minimum atomic E-state index is -4.85. The number of nitrogens with zero attached hydrogens (tertiary/aromatic N) is 2. The predicted octanol–water partition coefficient (Wildman–Crippen LogP) is 2.19. The number of alkyl halides is 3. The molecule has 0 saturated heterocycles. The number of H-pyrrole nitrogens is 1. The third-order valence-electron chi connectivity index (χ3n) is 2.13. The third kappa shape index (κ3) is 2.17. The first kappa shape index (κ1) is 12.1. The van der Waals surface area contributed by atoms with E-state index in [2.05, 4.69) is 15.0 Å². The highest BCUT2D eigenvalue weighted by Gasteiger charge is 2.38. The number of carbonyl (C=O) groups is 1. The fourth-order valence-corrected chi connectivity index (χ4v) is 1.35. The van der Waals surface area contributed by atoms with E-state index in [0.717, 1.165) is 0 Å². The van der Waals surface area contributed by atoms with Gasteiger partial charge in [-0.25, -0.2) is 14.8 Å². The van der Waals surface area contributed by atoms with Gasteiger partial charge in [0, 0.05) is 12.4 Å². The van der Waals surface area contributed by atoms with Crippen LogP contribution in [0.15, 0.2) is 24.5 Å². The number of rotatable bonds is 2. The van der Waals surface area contributed by atoms with E-state index in [0.29, 0.717) is 6.20 Å². The van der Waals surface area contributed by atoms with Crippen LogP contribution in [0.3, 0.4) is 0 Å². The Balaban J connectivity index is 2.60. The van der Waals surface area contributed by atoms with Crippen molar-refractivity contribution >= 4 is 5.97 Å². The lowest BCUT2D eigenvalue weighted by Crippen LogP contribution is -2.16. The maximum absolute atomic E-state index is 12.7. The van der Waals surface area contributed by atoms with Gasteiger partial charge in [0.15, 0.2) is 11.5 Å². The van der Waals surface area contributed by atoms with Gasteiger partial charge in [0.05, 0.1) is 5.69 Å². The Hall–Kier alpha value is -2.38. The molecule has 0 unspecified atom stereocenters. The van der Waals surface area contributed by atoms with Crippen molar-refractivity contribution in [1.29, 1.82) is 0 Å². The molecule has 5 nitrogen and oxygen atoms in total. The van der Waals surface area contributed by atoms with Crippen molar-refractivity contribution in [2.24, 2.45) is 0 Å². The number of aromatic amines is 1. The normalized spacial score (nSPS) is 11.5. The standard InChI is InChI=1S/C10H6F3N3O2/c11-10(12,13)7-5(9(17)18)4-15-8(16-7)6-2-1-3-14-6/h1-4,14H,(H,17,18). The molecule has 0 aliphatic heterocycles. The van der Waals surface area contributed by atoms with Crippen LogP contribution in [0.5, 0.6) is 0 Å². The van der Waals surface area contributed by atoms with E-state index in [-0.39, 0.29) is 11.5 Å². The van der Waals surface area contributed by atoms with Gasteiger partial charge in [0.25, 0.3) is 0 Å². The topological polar surface area (TPSA) is 78.9 Å². The zero-order valence-corrected chi connectivity index (χ0v) is 8.69. The van der Waals surface area contributed by atoms with Crippen molar-refractivity contribution in [3.8, 4) is 11.5 Å². The second kappa shape index (κ2) is 4.13. The third-order valence-corrected chi connectivity index (χ3v) is 2.13. The first-order valence-corrected chi connectivity index (χ1v) is 4.71. The van der Waals surface area contributed by atoms with Crippen LogP contribution < -0.4 is 0 Å². The van der Waals surface area contributed by atoms with Crippen LogP contribution in [0, 0.1) is 0 Å². The molecule has 0 aromatic carbocycles. The van der Waals surface area contributed by atoms with Crippen LogP contribution in [0.4, 0.5) is 13.2 Å². The molecule has 0 saturated carbocycles.